The minimum absolute atomic E-state index is 0.135. The molecule has 1 aromatic heterocycles. The predicted octanol–water partition coefficient (Wildman–Crippen LogP) is 3.62. The second-order valence-electron chi connectivity index (χ2n) is 8.52. The van der Waals surface area contributed by atoms with E-state index in [-0.39, 0.29) is 11.8 Å². The van der Waals surface area contributed by atoms with E-state index in [1.54, 1.807) is 14.0 Å². The number of rotatable bonds is 6. The Morgan fingerprint density at radius 1 is 1.13 bits per heavy atom. The maximum Gasteiger partial charge on any atom is 0.219 e. The van der Waals surface area contributed by atoms with Crippen molar-refractivity contribution < 1.29 is 9.53 Å². The van der Waals surface area contributed by atoms with E-state index in [1.807, 2.05) is 4.90 Å². The predicted molar refractivity (Wildman–Crippen MR) is 120 cm³/mol. The Balaban J connectivity index is 2.06. The molecule has 0 spiro atoms. The first kappa shape index (κ1) is 22.2. The average molecular weight is 411 g/mol. The van der Waals surface area contributed by atoms with Gasteiger partial charge in [0.2, 0.25) is 5.91 Å². The number of carbonyl (C=O) groups is 1. The molecule has 1 saturated heterocycles. The van der Waals surface area contributed by atoms with Gasteiger partial charge in [-0.1, -0.05) is 37.6 Å². The number of hydrogen-bond donors (Lipinski definition) is 0. The van der Waals surface area contributed by atoms with E-state index >= 15 is 0 Å². The van der Waals surface area contributed by atoms with Crippen LogP contribution in [-0.4, -0.2) is 54.1 Å². The van der Waals surface area contributed by atoms with Crippen LogP contribution in [0.25, 0.3) is 0 Å². The lowest BCUT2D eigenvalue weighted by Crippen LogP contribution is -2.48. The Morgan fingerprint density at radius 2 is 1.83 bits per heavy atom. The van der Waals surface area contributed by atoms with Gasteiger partial charge in [0.25, 0.3) is 0 Å². The Labute approximate surface area is 180 Å². The molecular formula is C24H34N4O2. The fourth-order valence-corrected chi connectivity index (χ4v) is 3.91. The summed E-state index contributed by atoms with van der Waals surface area (Å²) in [6.07, 6.45) is 0.771. The van der Waals surface area contributed by atoms with Gasteiger partial charge in [0, 0.05) is 58.1 Å². The minimum atomic E-state index is 0.135. The van der Waals surface area contributed by atoms with E-state index in [0.29, 0.717) is 6.61 Å². The minimum Gasteiger partial charge on any atom is -0.378 e. The highest BCUT2D eigenvalue weighted by Gasteiger charge is 2.25. The van der Waals surface area contributed by atoms with Crippen LogP contribution in [0.4, 0.5) is 5.82 Å². The van der Waals surface area contributed by atoms with Crippen molar-refractivity contribution in [2.45, 2.75) is 53.6 Å². The van der Waals surface area contributed by atoms with Crippen molar-refractivity contribution in [2.75, 3.05) is 38.2 Å². The molecule has 1 aromatic carbocycles. The van der Waals surface area contributed by atoms with Gasteiger partial charge in [-0.25, -0.2) is 9.97 Å². The summed E-state index contributed by atoms with van der Waals surface area (Å²) in [4.78, 5) is 25.9. The monoisotopic (exact) mass is 410 g/mol. The maximum absolute atomic E-state index is 11.8. The quantitative estimate of drug-likeness (QED) is 0.728. The van der Waals surface area contributed by atoms with Gasteiger partial charge in [0.1, 0.15) is 11.6 Å². The van der Waals surface area contributed by atoms with Crippen molar-refractivity contribution in [1.82, 2.24) is 14.9 Å². The number of aromatic nitrogens is 2. The van der Waals surface area contributed by atoms with E-state index in [0.717, 1.165) is 55.5 Å². The highest BCUT2D eigenvalue weighted by molar-refractivity contribution is 5.73. The fraction of sp³-hybridized carbons (Fsp3) is 0.542. The smallest absolute Gasteiger partial charge is 0.219 e. The molecule has 1 fully saturated rings. The SMILES string of the molecule is COCc1nc(C(C)C)nc(N2CCN(C(C)=O)CC2)c1Cc1cc(C)ccc1C. The number of nitrogens with zero attached hydrogens (tertiary/aromatic N) is 4. The average Bonchev–Trinajstić information content (AvgIpc) is 2.71. The summed E-state index contributed by atoms with van der Waals surface area (Å²) in [5.74, 6) is 2.20. The number of benzene rings is 1. The Kier molecular flexibility index (Phi) is 7.08. The molecule has 0 unspecified atom stereocenters. The standard InChI is InChI=1S/C24H34N4O2/c1-16(2)23-25-22(15-30-6)21(14-20-13-17(3)7-8-18(20)4)24(26-23)28-11-9-27(10-12-28)19(5)29/h7-8,13,16H,9-12,14-15H2,1-6H3. The number of ether oxygens (including phenoxy) is 1. The summed E-state index contributed by atoms with van der Waals surface area (Å²) in [7, 11) is 1.71. The Bertz CT molecular complexity index is 902. The van der Waals surface area contributed by atoms with Gasteiger partial charge >= 0.3 is 0 Å². The first-order valence-electron chi connectivity index (χ1n) is 10.7. The van der Waals surface area contributed by atoms with E-state index in [2.05, 4.69) is 50.8 Å². The van der Waals surface area contributed by atoms with E-state index in [4.69, 9.17) is 14.7 Å². The molecule has 0 N–H and O–H groups in total. The van der Waals surface area contributed by atoms with Crippen molar-refractivity contribution in [3.8, 4) is 0 Å². The van der Waals surface area contributed by atoms with Gasteiger partial charge in [-0.15, -0.1) is 0 Å². The number of anilines is 1. The van der Waals surface area contributed by atoms with Gasteiger partial charge in [0.05, 0.1) is 12.3 Å². The van der Waals surface area contributed by atoms with Gasteiger partial charge in [-0.2, -0.15) is 0 Å². The summed E-state index contributed by atoms with van der Waals surface area (Å²) in [5.41, 5.74) is 5.90. The summed E-state index contributed by atoms with van der Waals surface area (Å²) >= 11 is 0. The topological polar surface area (TPSA) is 58.6 Å². The lowest BCUT2D eigenvalue weighted by atomic mass is 9.97. The highest BCUT2D eigenvalue weighted by atomic mass is 16.5. The summed E-state index contributed by atoms with van der Waals surface area (Å²) < 4.78 is 5.52. The molecule has 1 aliphatic heterocycles. The third-order valence-electron chi connectivity index (χ3n) is 5.78. The van der Waals surface area contributed by atoms with Crippen molar-refractivity contribution in [3.05, 3.63) is 52.0 Å². The van der Waals surface area contributed by atoms with Crippen molar-refractivity contribution in [1.29, 1.82) is 0 Å². The molecule has 0 atom stereocenters. The molecule has 0 bridgehead atoms. The Morgan fingerprint density at radius 3 is 2.43 bits per heavy atom. The Hall–Kier alpha value is -2.47. The molecule has 3 rings (SSSR count). The third kappa shape index (κ3) is 4.98. The van der Waals surface area contributed by atoms with Crippen LogP contribution in [-0.2, 0) is 22.6 Å². The second kappa shape index (κ2) is 9.56. The van der Waals surface area contributed by atoms with Crippen LogP contribution < -0.4 is 4.90 Å². The van der Waals surface area contributed by atoms with Crippen LogP contribution in [0.2, 0.25) is 0 Å². The fourth-order valence-electron chi connectivity index (χ4n) is 3.91. The largest absolute Gasteiger partial charge is 0.378 e. The van der Waals surface area contributed by atoms with Gasteiger partial charge in [-0.05, 0) is 25.0 Å². The molecule has 162 valence electrons. The van der Waals surface area contributed by atoms with Crippen LogP contribution in [0, 0.1) is 13.8 Å². The normalized spacial score (nSPS) is 14.5. The van der Waals surface area contributed by atoms with E-state index < -0.39 is 0 Å². The summed E-state index contributed by atoms with van der Waals surface area (Å²) in [6, 6.07) is 6.57. The number of amides is 1. The van der Waals surface area contributed by atoms with Crippen LogP contribution in [0.15, 0.2) is 18.2 Å². The van der Waals surface area contributed by atoms with E-state index in [9.17, 15) is 4.79 Å². The first-order valence-corrected chi connectivity index (χ1v) is 10.7. The molecule has 0 saturated carbocycles. The van der Waals surface area contributed by atoms with Crippen LogP contribution in [0.3, 0.4) is 0 Å². The number of hydrogen-bond acceptors (Lipinski definition) is 5. The lowest BCUT2D eigenvalue weighted by Gasteiger charge is -2.36. The number of aryl methyl sites for hydroxylation is 2. The van der Waals surface area contributed by atoms with Crippen molar-refractivity contribution in [3.63, 3.8) is 0 Å². The van der Waals surface area contributed by atoms with Crippen molar-refractivity contribution in [2.24, 2.45) is 0 Å². The molecule has 0 aliphatic carbocycles. The summed E-state index contributed by atoms with van der Waals surface area (Å²) in [6.45, 7) is 13.6. The number of piperazine rings is 1. The number of carbonyl (C=O) groups excluding carboxylic acids is 1. The second-order valence-corrected chi connectivity index (χ2v) is 8.52. The van der Waals surface area contributed by atoms with Crippen LogP contribution in [0.1, 0.15) is 60.5 Å². The highest BCUT2D eigenvalue weighted by Crippen LogP contribution is 2.29. The molecular weight excluding hydrogens is 376 g/mol. The zero-order valence-electron chi connectivity index (χ0n) is 19.2. The first-order chi connectivity index (χ1) is 14.3. The van der Waals surface area contributed by atoms with E-state index in [1.165, 1.54) is 16.7 Å². The van der Waals surface area contributed by atoms with Crippen LogP contribution in [0.5, 0.6) is 0 Å². The molecule has 1 aliphatic rings. The molecule has 1 amide bonds. The van der Waals surface area contributed by atoms with Crippen LogP contribution >= 0.6 is 0 Å². The molecule has 30 heavy (non-hydrogen) atoms. The molecule has 6 nitrogen and oxygen atoms in total. The zero-order chi connectivity index (χ0) is 21.8. The maximum atomic E-state index is 11.8. The lowest BCUT2D eigenvalue weighted by molar-refractivity contribution is -0.129. The van der Waals surface area contributed by atoms with Gasteiger partial charge < -0.3 is 14.5 Å². The molecule has 2 heterocycles. The molecule has 0 radical (unpaired) electrons. The summed E-state index contributed by atoms with van der Waals surface area (Å²) in [5, 5.41) is 0. The molecule has 2 aromatic rings. The van der Waals surface area contributed by atoms with Gasteiger partial charge in [-0.3, -0.25) is 4.79 Å². The third-order valence-corrected chi connectivity index (χ3v) is 5.78. The number of methoxy groups -OCH3 is 1. The zero-order valence-corrected chi connectivity index (χ0v) is 19.2. The van der Waals surface area contributed by atoms with Gasteiger partial charge in [0.15, 0.2) is 0 Å². The molecule has 6 heteroatoms. The van der Waals surface area contributed by atoms with Crippen molar-refractivity contribution >= 4 is 11.7 Å².